The summed E-state index contributed by atoms with van der Waals surface area (Å²) >= 11 is 0. The number of nitrogens with one attached hydrogen (secondary N) is 2. The third kappa shape index (κ3) is 5.98. The highest BCUT2D eigenvalue weighted by atomic mass is 16.5. The first-order valence-corrected chi connectivity index (χ1v) is 9.72. The summed E-state index contributed by atoms with van der Waals surface area (Å²) in [6, 6.07) is 12.4. The summed E-state index contributed by atoms with van der Waals surface area (Å²) < 4.78 is 10.5. The molecule has 156 valence electrons. The average Bonchev–Trinajstić information content (AvgIpc) is 2.71. The fourth-order valence-corrected chi connectivity index (χ4v) is 3.06. The SMILES string of the molecule is COc1ccc(CCNC(=O)[C@@H](NC(=O)c2ccccc2C)C(C)C)cc1OC. The van der Waals surface area contributed by atoms with Gasteiger partial charge in [-0.1, -0.05) is 38.1 Å². The number of aryl methyl sites for hydroxylation is 1. The highest BCUT2D eigenvalue weighted by molar-refractivity contribution is 5.98. The minimum atomic E-state index is -0.604. The van der Waals surface area contributed by atoms with Gasteiger partial charge >= 0.3 is 0 Å². The van der Waals surface area contributed by atoms with Crippen LogP contribution in [0.5, 0.6) is 11.5 Å². The van der Waals surface area contributed by atoms with E-state index in [1.54, 1.807) is 20.3 Å². The highest BCUT2D eigenvalue weighted by Gasteiger charge is 2.24. The van der Waals surface area contributed by atoms with Crippen molar-refractivity contribution in [1.29, 1.82) is 0 Å². The largest absolute Gasteiger partial charge is 0.493 e. The van der Waals surface area contributed by atoms with Crippen molar-refractivity contribution in [2.24, 2.45) is 5.92 Å². The smallest absolute Gasteiger partial charge is 0.252 e. The minimum absolute atomic E-state index is 0.0379. The fourth-order valence-electron chi connectivity index (χ4n) is 3.06. The van der Waals surface area contributed by atoms with Gasteiger partial charge in [-0.25, -0.2) is 0 Å². The quantitative estimate of drug-likeness (QED) is 0.680. The lowest BCUT2D eigenvalue weighted by molar-refractivity contribution is -0.123. The Labute approximate surface area is 172 Å². The highest BCUT2D eigenvalue weighted by Crippen LogP contribution is 2.27. The molecule has 0 spiro atoms. The van der Waals surface area contributed by atoms with Gasteiger partial charge in [0.2, 0.25) is 5.91 Å². The van der Waals surface area contributed by atoms with Crippen LogP contribution < -0.4 is 20.1 Å². The van der Waals surface area contributed by atoms with Crippen LogP contribution in [0.2, 0.25) is 0 Å². The van der Waals surface area contributed by atoms with E-state index in [-0.39, 0.29) is 17.7 Å². The predicted molar refractivity (Wildman–Crippen MR) is 114 cm³/mol. The Bertz CT molecular complexity index is 849. The van der Waals surface area contributed by atoms with Crippen LogP contribution in [0.1, 0.15) is 35.3 Å². The maximum Gasteiger partial charge on any atom is 0.252 e. The summed E-state index contributed by atoms with van der Waals surface area (Å²) in [5.74, 6) is 0.851. The fraction of sp³-hybridized carbons (Fsp3) is 0.391. The maximum atomic E-state index is 12.7. The van der Waals surface area contributed by atoms with E-state index in [0.29, 0.717) is 30.0 Å². The summed E-state index contributed by atoms with van der Waals surface area (Å²) in [7, 11) is 3.18. The summed E-state index contributed by atoms with van der Waals surface area (Å²) in [4.78, 5) is 25.3. The molecule has 0 fully saturated rings. The minimum Gasteiger partial charge on any atom is -0.493 e. The van der Waals surface area contributed by atoms with Crippen LogP contribution in [0.3, 0.4) is 0 Å². The first-order chi connectivity index (χ1) is 13.9. The maximum absolute atomic E-state index is 12.7. The molecule has 0 saturated heterocycles. The molecule has 6 heteroatoms. The van der Waals surface area contributed by atoms with Crippen LogP contribution in [0.4, 0.5) is 0 Å². The average molecular weight is 399 g/mol. The molecule has 0 aliphatic rings. The van der Waals surface area contributed by atoms with Gasteiger partial charge in [0.1, 0.15) is 6.04 Å². The molecule has 0 aromatic heterocycles. The van der Waals surface area contributed by atoms with Crippen LogP contribution in [0.15, 0.2) is 42.5 Å². The van der Waals surface area contributed by atoms with E-state index >= 15 is 0 Å². The third-order valence-corrected chi connectivity index (χ3v) is 4.79. The van der Waals surface area contributed by atoms with E-state index in [2.05, 4.69) is 10.6 Å². The molecule has 2 aromatic carbocycles. The molecule has 2 aromatic rings. The number of carbonyl (C=O) groups is 2. The number of amides is 2. The van der Waals surface area contributed by atoms with E-state index < -0.39 is 6.04 Å². The van der Waals surface area contributed by atoms with Gasteiger partial charge in [-0.15, -0.1) is 0 Å². The zero-order chi connectivity index (χ0) is 21.4. The molecule has 0 heterocycles. The van der Waals surface area contributed by atoms with Crippen molar-refractivity contribution in [3.8, 4) is 11.5 Å². The number of rotatable bonds is 9. The zero-order valence-corrected chi connectivity index (χ0v) is 17.7. The Hall–Kier alpha value is -3.02. The molecule has 0 radical (unpaired) electrons. The van der Waals surface area contributed by atoms with Crippen LogP contribution in [0, 0.1) is 12.8 Å². The number of ether oxygens (including phenoxy) is 2. The second kappa shape index (κ2) is 10.5. The van der Waals surface area contributed by atoms with Gasteiger partial charge < -0.3 is 20.1 Å². The molecule has 0 saturated carbocycles. The topological polar surface area (TPSA) is 76.7 Å². The number of hydrogen-bond acceptors (Lipinski definition) is 4. The lowest BCUT2D eigenvalue weighted by Crippen LogP contribution is -2.50. The second-order valence-electron chi connectivity index (χ2n) is 7.24. The Kier molecular flexibility index (Phi) is 8.07. The van der Waals surface area contributed by atoms with Gasteiger partial charge in [0.25, 0.3) is 5.91 Å². The summed E-state index contributed by atoms with van der Waals surface area (Å²) in [5, 5.41) is 5.79. The Morgan fingerprint density at radius 3 is 2.31 bits per heavy atom. The van der Waals surface area contributed by atoms with Gasteiger partial charge in [-0.05, 0) is 48.6 Å². The summed E-state index contributed by atoms with van der Waals surface area (Å²) in [6.45, 7) is 6.16. The van der Waals surface area contributed by atoms with E-state index in [1.165, 1.54) is 0 Å². The van der Waals surface area contributed by atoms with Crippen molar-refractivity contribution in [3.63, 3.8) is 0 Å². The molecule has 0 aliphatic carbocycles. The molecular formula is C23H30N2O4. The second-order valence-corrected chi connectivity index (χ2v) is 7.24. The normalized spacial score (nSPS) is 11.7. The Morgan fingerprint density at radius 1 is 1.00 bits per heavy atom. The van der Waals surface area contributed by atoms with Gasteiger partial charge in [0.05, 0.1) is 14.2 Å². The monoisotopic (exact) mass is 398 g/mol. The number of benzene rings is 2. The zero-order valence-electron chi connectivity index (χ0n) is 17.7. The van der Waals surface area contributed by atoms with Gasteiger partial charge in [-0.2, -0.15) is 0 Å². The molecule has 0 aliphatic heterocycles. The van der Waals surface area contributed by atoms with Crippen LogP contribution in [-0.4, -0.2) is 38.6 Å². The molecule has 0 unspecified atom stereocenters. The Balaban J connectivity index is 1.96. The van der Waals surface area contributed by atoms with Crippen molar-refractivity contribution < 1.29 is 19.1 Å². The van der Waals surface area contributed by atoms with E-state index in [1.807, 2.05) is 57.2 Å². The standard InChI is InChI=1S/C23H30N2O4/c1-15(2)21(25-22(26)18-9-7-6-8-16(18)3)23(27)24-13-12-17-10-11-19(28-4)20(14-17)29-5/h6-11,14-15,21H,12-13H2,1-5H3,(H,24,27)(H,25,26)/t21-/m0/s1. The van der Waals surface area contributed by atoms with Gasteiger partial charge in [-0.3, -0.25) is 9.59 Å². The molecule has 2 amide bonds. The van der Waals surface area contributed by atoms with Gasteiger partial charge in [0.15, 0.2) is 11.5 Å². The lowest BCUT2D eigenvalue weighted by atomic mass is 10.0. The van der Waals surface area contributed by atoms with E-state index in [4.69, 9.17) is 9.47 Å². The number of methoxy groups -OCH3 is 2. The van der Waals surface area contributed by atoms with Crippen LogP contribution >= 0.6 is 0 Å². The lowest BCUT2D eigenvalue weighted by Gasteiger charge is -2.22. The van der Waals surface area contributed by atoms with Crippen molar-refractivity contribution in [2.45, 2.75) is 33.2 Å². The van der Waals surface area contributed by atoms with Gasteiger partial charge in [0, 0.05) is 12.1 Å². The molecule has 0 bridgehead atoms. The molecule has 6 nitrogen and oxygen atoms in total. The molecular weight excluding hydrogens is 368 g/mol. The van der Waals surface area contributed by atoms with Crippen molar-refractivity contribution >= 4 is 11.8 Å². The van der Waals surface area contributed by atoms with E-state index in [0.717, 1.165) is 11.1 Å². The predicted octanol–water partition coefficient (Wildman–Crippen LogP) is 3.13. The van der Waals surface area contributed by atoms with E-state index in [9.17, 15) is 9.59 Å². The van der Waals surface area contributed by atoms with Crippen LogP contribution in [-0.2, 0) is 11.2 Å². The Morgan fingerprint density at radius 2 is 1.69 bits per heavy atom. The first-order valence-electron chi connectivity index (χ1n) is 9.72. The van der Waals surface area contributed by atoms with Crippen molar-refractivity contribution in [1.82, 2.24) is 10.6 Å². The summed E-state index contributed by atoms with van der Waals surface area (Å²) in [6.07, 6.45) is 0.642. The molecule has 1 atom stereocenters. The number of carbonyl (C=O) groups excluding carboxylic acids is 2. The van der Waals surface area contributed by atoms with Crippen molar-refractivity contribution in [3.05, 3.63) is 59.2 Å². The molecule has 29 heavy (non-hydrogen) atoms. The first kappa shape index (κ1) is 22.3. The van der Waals surface area contributed by atoms with Crippen molar-refractivity contribution in [2.75, 3.05) is 20.8 Å². The third-order valence-electron chi connectivity index (χ3n) is 4.79. The number of hydrogen-bond donors (Lipinski definition) is 2. The molecule has 2 N–H and O–H groups in total. The summed E-state index contributed by atoms with van der Waals surface area (Å²) in [5.41, 5.74) is 2.48. The van der Waals surface area contributed by atoms with Crippen LogP contribution in [0.25, 0.3) is 0 Å². The molecule has 2 rings (SSSR count).